The van der Waals surface area contributed by atoms with Gasteiger partial charge in [0.1, 0.15) is 5.82 Å². The molecule has 2 aromatic heterocycles. The molecule has 0 bridgehead atoms. The lowest BCUT2D eigenvalue weighted by Crippen LogP contribution is -2.00. The Balaban J connectivity index is 2.05. The van der Waals surface area contributed by atoms with Gasteiger partial charge in [-0.05, 0) is 37.3 Å². The molecule has 0 aliphatic rings. The van der Waals surface area contributed by atoms with Crippen molar-refractivity contribution in [1.82, 2.24) is 15.0 Å². The third kappa shape index (κ3) is 2.38. The number of aromatic nitrogens is 3. The number of rotatable bonds is 3. The maximum Gasteiger partial charge on any atom is 0.161 e. The van der Waals surface area contributed by atoms with Crippen molar-refractivity contribution < 1.29 is 0 Å². The summed E-state index contributed by atoms with van der Waals surface area (Å²) in [6.45, 7) is 2.89. The van der Waals surface area contributed by atoms with Crippen LogP contribution in [0.4, 0.5) is 5.82 Å². The summed E-state index contributed by atoms with van der Waals surface area (Å²) in [4.78, 5) is 13.1. The van der Waals surface area contributed by atoms with Gasteiger partial charge in [0.05, 0.1) is 5.52 Å². The third-order valence-electron chi connectivity index (χ3n) is 2.87. The van der Waals surface area contributed by atoms with E-state index in [2.05, 4.69) is 26.3 Å². The van der Waals surface area contributed by atoms with Crippen molar-refractivity contribution in [3.63, 3.8) is 0 Å². The molecule has 0 amide bonds. The van der Waals surface area contributed by atoms with Crippen LogP contribution in [-0.4, -0.2) is 21.5 Å². The molecule has 0 atom stereocenters. The maximum absolute atomic E-state index is 4.50. The highest BCUT2D eigenvalue weighted by Crippen LogP contribution is 2.21. The van der Waals surface area contributed by atoms with Crippen LogP contribution in [0.15, 0.2) is 48.8 Å². The van der Waals surface area contributed by atoms with Gasteiger partial charge in [0, 0.05) is 29.9 Å². The zero-order chi connectivity index (χ0) is 13.1. The Labute approximate surface area is 111 Å². The molecular formula is C15H14N4. The quantitative estimate of drug-likeness (QED) is 0.776. The Morgan fingerprint density at radius 2 is 2.00 bits per heavy atom. The standard InChI is InChI=1S/C15H14N4/c1-2-16-14-7-9-18-15(19-14)12-5-6-13-11(10-12)4-3-8-17-13/h3-10H,2H2,1H3,(H,16,18,19). The molecule has 3 rings (SSSR count). The molecule has 0 saturated heterocycles. The highest BCUT2D eigenvalue weighted by Gasteiger charge is 2.03. The van der Waals surface area contributed by atoms with E-state index in [9.17, 15) is 0 Å². The van der Waals surface area contributed by atoms with E-state index in [1.807, 2.05) is 37.3 Å². The van der Waals surface area contributed by atoms with Crippen molar-refractivity contribution in [2.45, 2.75) is 6.92 Å². The van der Waals surface area contributed by atoms with Crippen LogP contribution in [0.5, 0.6) is 0 Å². The van der Waals surface area contributed by atoms with Crippen LogP contribution in [-0.2, 0) is 0 Å². The van der Waals surface area contributed by atoms with Gasteiger partial charge in [-0.15, -0.1) is 0 Å². The second-order valence-electron chi connectivity index (χ2n) is 4.21. The lowest BCUT2D eigenvalue weighted by atomic mass is 10.1. The molecule has 0 aliphatic heterocycles. The van der Waals surface area contributed by atoms with E-state index >= 15 is 0 Å². The summed E-state index contributed by atoms with van der Waals surface area (Å²) in [6, 6.07) is 11.9. The van der Waals surface area contributed by atoms with Gasteiger partial charge in [0.2, 0.25) is 0 Å². The minimum Gasteiger partial charge on any atom is -0.370 e. The van der Waals surface area contributed by atoms with E-state index in [4.69, 9.17) is 0 Å². The predicted octanol–water partition coefficient (Wildman–Crippen LogP) is 3.12. The van der Waals surface area contributed by atoms with Crippen molar-refractivity contribution in [2.75, 3.05) is 11.9 Å². The summed E-state index contributed by atoms with van der Waals surface area (Å²) in [5, 5.41) is 4.29. The van der Waals surface area contributed by atoms with E-state index in [1.165, 1.54) is 0 Å². The fourth-order valence-corrected chi connectivity index (χ4v) is 1.99. The zero-order valence-corrected chi connectivity index (χ0v) is 10.7. The number of anilines is 1. The first-order valence-electron chi connectivity index (χ1n) is 6.29. The molecule has 0 aliphatic carbocycles. The maximum atomic E-state index is 4.50. The number of nitrogens with zero attached hydrogens (tertiary/aromatic N) is 3. The van der Waals surface area contributed by atoms with Crippen LogP contribution in [0, 0.1) is 0 Å². The van der Waals surface area contributed by atoms with Gasteiger partial charge in [-0.3, -0.25) is 4.98 Å². The largest absolute Gasteiger partial charge is 0.370 e. The van der Waals surface area contributed by atoms with Gasteiger partial charge in [0.25, 0.3) is 0 Å². The highest BCUT2D eigenvalue weighted by molar-refractivity contribution is 5.83. The number of fused-ring (bicyclic) bond motifs is 1. The smallest absolute Gasteiger partial charge is 0.161 e. The van der Waals surface area contributed by atoms with Crippen LogP contribution >= 0.6 is 0 Å². The van der Waals surface area contributed by atoms with Gasteiger partial charge in [-0.1, -0.05) is 6.07 Å². The lowest BCUT2D eigenvalue weighted by molar-refractivity contribution is 1.12. The van der Waals surface area contributed by atoms with Gasteiger partial charge >= 0.3 is 0 Å². The average molecular weight is 250 g/mol. The minimum absolute atomic E-state index is 0.726. The van der Waals surface area contributed by atoms with Gasteiger partial charge in [-0.2, -0.15) is 0 Å². The van der Waals surface area contributed by atoms with Crippen molar-refractivity contribution >= 4 is 16.7 Å². The summed E-state index contributed by atoms with van der Waals surface area (Å²) in [5.74, 6) is 1.57. The molecule has 0 fully saturated rings. The molecule has 4 nitrogen and oxygen atoms in total. The Kier molecular flexibility index (Phi) is 3.06. The fourth-order valence-electron chi connectivity index (χ4n) is 1.99. The molecule has 0 saturated carbocycles. The van der Waals surface area contributed by atoms with E-state index in [1.54, 1.807) is 12.4 Å². The highest BCUT2D eigenvalue weighted by atomic mass is 15.0. The first-order valence-corrected chi connectivity index (χ1v) is 6.29. The summed E-state index contributed by atoms with van der Waals surface area (Å²) in [5.41, 5.74) is 1.98. The van der Waals surface area contributed by atoms with Crippen LogP contribution in [0.1, 0.15) is 6.92 Å². The molecule has 0 radical (unpaired) electrons. The second-order valence-corrected chi connectivity index (χ2v) is 4.21. The first-order chi connectivity index (χ1) is 9.36. The molecule has 19 heavy (non-hydrogen) atoms. The lowest BCUT2D eigenvalue weighted by Gasteiger charge is -2.05. The van der Waals surface area contributed by atoms with Crippen molar-refractivity contribution in [3.8, 4) is 11.4 Å². The molecule has 0 unspecified atom stereocenters. The van der Waals surface area contributed by atoms with Crippen LogP contribution < -0.4 is 5.32 Å². The number of hydrogen-bond donors (Lipinski definition) is 1. The molecule has 1 N–H and O–H groups in total. The monoisotopic (exact) mass is 250 g/mol. The number of pyridine rings is 1. The molecule has 1 aromatic carbocycles. The van der Waals surface area contributed by atoms with E-state index in [-0.39, 0.29) is 0 Å². The second kappa shape index (κ2) is 5.02. The van der Waals surface area contributed by atoms with Crippen LogP contribution in [0.3, 0.4) is 0 Å². The van der Waals surface area contributed by atoms with Gasteiger partial charge in [-0.25, -0.2) is 9.97 Å². The SMILES string of the molecule is CCNc1ccnc(-c2ccc3ncccc3c2)n1. The molecule has 2 heterocycles. The van der Waals surface area contributed by atoms with Crippen molar-refractivity contribution in [1.29, 1.82) is 0 Å². The minimum atomic E-state index is 0.726. The van der Waals surface area contributed by atoms with Gasteiger partial charge in [0.15, 0.2) is 5.82 Å². The zero-order valence-electron chi connectivity index (χ0n) is 10.7. The summed E-state index contributed by atoms with van der Waals surface area (Å²) in [7, 11) is 0. The van der Waals surface area contributed by atoms with Crippen LogP contribution in [0.2, 0.25) is 0 Å². The number of benzene rings is 1. The Hall–Kier alpha value is -2.49. The number of hydrogen-bond acceptors (Lipinski definition) is 4. The summed E-state index contributed by atoms with van der Waals surface area (Å²) >= 11 is 0. The first kappa shape index (κ1) is 11.6. The molecule has 4 heteroatoms. The van der Waals surface area contributed by atoms with Crippen molar-refractivity contribution in [2.24, 2.45) is 0 Å². The molecule has 94 valence electrons. The predicted molar refractivity (Wildman–Crippen MR) is 76.9 cm³/mol. The third-order valence-corrected chi connectivity index (χ3v) is 2.87. The number of nitrogens with one attached hydrogen (secondary N) is 1. The summed E-state index contributed by atoms with van der Waals surface area (Å²) < 4.78 is 0. The van der Waals surface area contributed by atoms with E-state index in [0.29, 0.717) is 0 Å². The topological polar surface area (TPSA) is 50.7 Å². The fraction of sp³-hybridized carbons (Fsp3) is 0.133. The molecular weight excluding hydrogens is 236 g/mol. The Morgan fingerprint density at radius 3 is 2.89 bits per heavy atom. The molecule has 0 spiro atoms. The van der Waals surface area contributed by atoms with Crippen LogP contribution in [0.25, 0.3) is 22.3 Å². The summed E-state index contributed by atoms with van der Waals surface area (Å²) in [6.07, 6.45) is 3.57. The van der Waals surface area contributed by atoms with Crippen molar-refractivity contribution in [3.05, 3.63) is 48.8 Å². The van der Waals surface area contributed by atoms with E-state index in [0.717, 1.165) is 34.7 Å². The van der Waals surface area contributed by atoms with Gasteiger partial charge < -0.3 is 5.32 Å². The average Bonchev–Trinajstić information content (AvgIpc) is 2.47. The van der Waals surface area contributed by atoms with E-state index < -0.39 is 0 Å². The molecule has 3 aromatic rings. The Bertz CT molecular complexity index is 709. The Morgan fingerprint density at radius 1 is 1.05 bits per heavy atom. The normalized spacial score (nSPS) is 10.6.